The molecular formula is C15H25N. The van der Waals surface area contributed by atoms with Crippen LogP contribution in [0.4, 0.5) is 0 Å². The minimum atomic E-state index is 0.641. The van der Waals surface area contributed by atoms with E-state index in [-0.39, 0.29) is 0 Å². The molecule has 0 aliphatic rings. The molecule has 1 unspecified atom stereocenters. The van der Waals surface area contributed by atoms with Crippen LogP contribution in [0.25, 0.3) is 0 Å². The first-order valence-electron chi connectivity index (χ1n) is 6.61. The topological polar surface area (TPSA) is 12.0 Å². The van der Waals surface area contributed by atoms with E-state index in [1.807, 2.05) is 0 Å². The lowest BCUT2D eigenvalue weighted by atomic mass is 10.0. The van der Waals surface area contributed by atoms with Crippen molar-refractivity contribution >= 4 is 0 Å². The smallest absolute Gasteiger partial charge is 0.0107 e. The molecule has 0 amide bonds. The molecule has 1 N–H and O–H groups in total. The highest BCUT2D eigenvalue weighted by Crippen LogP contribution is 2.10. The monoisotopic (exact) mass is 219 g/mol. The fraction of sp³-hybridized carbons (Fsp3) is 0.600. The van der Waals surface area contributed by atoms with Crippen LogP contribution >= 0.6 is 0 Å². The van der Waals surface area contributed by atoms with Gasteiger partial charge in [-0.05, 0) is 36.9 Å². The summed E-state index contributed by atoms with van der Waals surface area (Å²) in [5, 5.41) is 3.56. The molecule has 1 atom stereocenters. The molecule has 0 radical (unpaired) electrons. The first-order chi connectivity index (χ1) is 7.80. The lowest BCUT2D eigenvalue weighted by Gasteiger charge is -2.17. The Morgan fingerprint density at radius 2 is 1.62 bits per heavy atom. The van der Waals surface area contributed by atoms with Gasteiger partial charge in [-0.15, -0.1) is 0 Å². The third-order valence-corrected chi connectivity index (χ3v) is 3.04. The largest absolute Gasteiger partial charge is 0.314 e. The molecule has 0 fully saturated rings. The van der Waals surface area contributed by atoms with Gasteiger partial charge in [0, 0.05) is 6.04 Å². The molecule has 1 heteroatoms. The second-order valence-corrected chi connectivity index (χ2v) is 4.42. The first-order valence-corrected chi connectivity index (χ1v) is 6.61. The molecule has 1 rings (SSSR count). The number of aryl methyl sites for hydroxylation is 1. The number of hydrogen-bond acceptors (Lipinski definition) is 1. The lowest BCUT2D eigenvalue weighted by molar-refractivity contribution is 0.486. The van der Waals surface area contributed by atoms with Gasteiger partial charge in [0.1, 0.15) is 0 Å². The Morgan fingerprint density at radius 1 is 1.00 bits per heavy atom. The molecule has 0 aliphatic carbocycles. The van der Waals surface area contributed by atoms with Gasteiger partial charge < -0.3 is 5.32 Å². The van der Waals surface area contributed by atoms with Gasteiger partial charge in [0.05, 0.1) is 0 Å². The Balaban J connectivity index is 2.54. The zero-order valence-corrected chi connectivity index (χ0v) is 10.9. The summed E-state index contributed by atoms with van der Waals surface area (Å²) in [5.41, 5.74) is 2.89. The number of likely N-dealkylation sites (N-methyl/N-ethyl adjacent to an activating group) is 1. The molecule has 0 aliphatic heterocycles. The quantitative estimate of drug-likeness (QED) is 0.739. The molecule has 0 bridgehead atoms. The Bertz CT molecular complexity index is 270. The predicted molar refractivity (Wildman–Crippen MR) is 71.9 cm³/mol. The second-order valence-electron chi connectivity index (χ2n) is 4.42. The molecule has 0 saturated heterocycles. The van der Waals surface area contributed by atoms with Gasteiger partial charge in [-0.2, -0.15) is 0 Å². The molecule has 0 heterocycles. The normalized spacial score (nSPS) is 12.7. The van der Waals surface area contributed by atoms with E-state index in [0.29, 0.717) is 6.04 Å². The van der Waals surface area contributed by atoms with E-state index < -0.39 is 0 Å². The minimum absolute atomic E-state index is 0.641. The molecule has 16 heavy (non-hydrogen) atoms. The number of rotatable bonds is 7. The van der Waals surface area contributed by atoms with Crippen LogP contribution in [-0.2, 0) is 12.8 Å². The second kappa shape index (κ2) is 7.45. The molecule has 1 nitrogen and oxygen atoms in total. The summed E-state index contributed by atoms with van der Waals surface area (Å²) in [4.78, 5) is 0. The summed E-state index contributed by atoms with van der Waals surface area (Å²) in [7, 11) is 0. The zero-order valence-electron chi connectivity index (χ0n) is 10.9. The summed E-state index contributed by atoms with van der Waals surface area (Å²) >= 11 is 0. The van der Waals surface area contributed by atoms with E-state index in [1.54, 1.807) is 0 Å². The van der Waals surface area contributed by atoms with Gasteiger partial charge in [0.25, 0.3) is 0 Å². The third-order valence-electron chi connectivity index (χ3n) is 3.04. The highest BCUT2D eigenvalue weighted by molar-refractivity contribution is 5.23. The van der Waals surface area contributed by atoms with Crippen molar-refractivity contribution in [3.63, 3.8) is 0 Å². The van der Waals surface area contributed by atoms with Crippen molar-refractivity contribution in [2.45, 2.75) is 52.5 Å². The molecule has 90 valence electrons. The number of nitrogens with one attached hydrogen (secondary N) is 1. The highest BCUT2D eigenvalue weighted by atomic mass is 14.9. The molecule has 0 spiro atoms. The van der Waals surface area contributed by atoms with Gasteiger partial charge in [-0.25, -0.2) is 0 Å². The van der Waals surface area contributed by atoms with Crippen molar-refractivity contribution in [1.29, 1.82) is 0 Å². The van der Waals surface area contributed by atoms with Crippen molar-refractivity contribution in [2.24, 2.45) is 0 Å². The maximum atomic E-state index is 3.56. The Labute approximate surface area is 100 Å². The van der Waals surface area contributed by atoms with E-state index in [9.17, 15) is 0 Å². The number of benzene rings is 1. The molecule has 0 saturated carbocycles. The van der Waals surface area contributed by atoms with Crippen molar-refractivity contribution in [1.82, 2.24) is 5.32 Å². The fourth-order valence-electron chi connectivity index (χ4n) is 2.11. The maximum Gasteiger partial charge on any atom is 0.0107 e. The highest BCUT2D eigenvalue weighted by Gasteiger charge is 2.06. The predicted octanol–water partition coefficient (Wildman–Crippen LogP) is 3.57. The summed E-state index contributed by atoms with van der Waals surface area (Å²) in [6.07, 6.45) is 4.81. The summed E-state index contributed by atoms with van der Waals surface area (Å²) in [5.74, 6) is 0. The SMILES string of the molecule is CCCC(Cc1ccc(CC)cc1)NCC. The molecular weight excluding hydrogens is 194 g/mol. The van der Waals surface area contributed by atoms with Crippen LogP contribution in [0.15, 0.2) is 24.3 Å². The maximum absolute atomic E-state index is 3.56. The van der Waals surface area contributed by atoms with E-state index in [4.69, 9.17) is 0 Å². The third kappa shape index (κ3) is 4.36. The Kier molecular flexibility index (Phi) is 6.17. The van der Waals surface area contributed by atoms with Crippen LogP contribution in [0.1, 0.15) is 44.7 Å². The van der Waals surface area contributed by atoms with E-state index in [2.05, 4.69) is 50.4 Å². The van der Waals surface area contributed by atoms with Crippen molar-refractivity contribution in [3.05, 3.63) is 35.4 Å². The van der Waals surface area contributed by atoms with Crippen LogP contribution in [0.2, 0.25) is 0 Å². The van der Waals surface area contributed by atoms with Crippen molar-refractivity contribution in [2.75, 3.05) is 6.54 Å². The van der Waals surface area contributed by atoms with Crippen LogP contribution in [0.5, 0.6) is 0 Å². The fourth-order valence-corrected chi connectivity index (χ4v) is 2.11. The van der Waals surface area contributed by atoms with Crippen LogP contribution in [-0.4, -0.2) is 12.6 Å². The van der Waals surface area contributed by atoms with E-state index >= 15 is 0 Å². The van der Waals surface area contributed by atoms with Gasteiger partial charge >= 0.3 is 0 Å². The zero-order chi connectivity index (χ0) is 11.8. The summed E-state index contributed by atoms with van der Waals surface area (Å²) in [6, 6.07) is 9.70. The summed E-state index contributed by atoms with van der Waals surface area (Å²) in [6.45, 7) is 7.71. The van der Waals surface area contributed by atoms with Crippen molar-refractivity contribution in [3.8, 4) is 0 Å². The average molecular weight is 219 g/mol. The standard InChI is InChI=1S/C15H25N/c1-4-7-15(16-6-3)12-14-10-8-13(5-2)9-11-14/h8-11,15-16H,4-7,12H2,1-3H3. The van der Waals surface area contributed by atoms with Gasteiger partial charge in [-0.3, -0.25) is 0 Å². The van der Waals surface area contributed by atoms with Crippen LogP contribution < -0.4 is 5.32 Å². The van der Waals surface area contributed by atoms with Crippen LogP contribution in [0, 0.1) is 0 Å². The average Bonchev–Trinajstić information content (AvgIpc) is 2.31. The molecule has 0 aromatic heterocycles. The lowest BCUT2D eigenvalue weighted by Crippen LogP contribution is -2.30. The Morgan fingerprint density at radius 3 is 2.12 bits per heavy atom. The number of hydrogen-bond donors (Lipinski definition) is 1. The van der Waals surface area contributed by atoms with Crippen molar-refractivity contribution < 1.29 is 0 Å². The van der Waals surface area contributed by atoms with E-state index in [1.165, 1.54) is 24.0 Å². The molecule has 1 aromatic rings. The van der Waals surface area contributed by atoms with Gasteiger partial charge in [-0.1, -0.05) is 51.5 Å². The summed E-state index contributed by atoms with van der Waals surface area (Å²) < 4.78 is 0. The minimum Gasteiger partial charge on any atom is -0.314 e. The van der Waals surface area contributed by atoms with Gasteiger partial charge in [0.15, 0.2) is 0 Å². The first kappa shape index (κ1) is 13.2. The van der Waals surface area contributed by atoms with Gasteiger partial charge in [0.2, 0.25) is 0 Å². The Hall–Kier alpha value is -0.820. The molecule has 1 aromatic carbocycles. The van der Waals surface area contributed by atoms with E-state index in [0.717, 1.165) is 19.4 Å². The van der Waals surface area contributed by atoms with Crippen LogP contribution in [0.3, 0.4) is 0 Å².